The zero-order valence-corrected chi connectivity index (χ0v) is 9.90. The minimum Gasteiger partial charge on any atom is -0.426 e. The number of hydrogen-bond donors (Lipinski definition) is 0. The lowest BCUT2D eigenvalue weighted by Crippen LogP contribution is -2.03. The summed E-state index contributed by atoms with van der Waals surface area (Å²) in [5.74, 6) is -0.153. The van der Waals surface area contributed by atoms with Crippen molar-refractivity contribution in [3.05, 3.63) is 26.8 Å². The van der Waals surface area contributed by atoms with Crippen molar-refractivity contribution in [3.63, 3.8) is 0 Å². The van der Waals surface area contributed by atoms with Crippen LogP contribution in [0.1, 0.15) is 18.1 Å². The number of esters is 1. The van der Waals surface area contributed by atoms with Gasteiger partial charge in [-0.25, -0.2) is 0 Å². The largest absolute Gasteiger partial charge is 0.426 e. The fraction of sp³-hybridized carbons (Fsp3) is 0.100. The number of rotatable bonds is 1. The van der Waals surface area contributed by atoms with Crippen LogP contribution in [-0.4, -0.2) is 5.97 Å². The van der Waals surface area contributed by atoms with Gasteiger partial charge < -0.3 is 4.74 Å². The van der Waals surface area contributed by atoms with Crippen molar-refractivity contribution in [1.82, 2.24) is 0 Å². The summed E-state index contributed by atoms with van der Waals surface area (Å²) in [6, 6.07) is 6.67. The second-order valence-corrected chi connectivity index (χ2v) is 3.81. The van der Waals surface area contributed by atoms with Crippen LogP contribution in [0.5, 0.6) is 5.75 Å². The molecule has 0 bridgehead atoms. The Hall–Kier alpha value is -1.60. The lowest BCUT2D eigenvalue weighted by Gasteiger charge is -2.05. The minimum absolute atomic E-state index is 0.203. The molecule has 1 aromatic carbocycles. The van der Waals surface area contributed by atoms with E-state index in [2.05, 4.69) is 0 Å². The third-order valence-corrected chi connectivity index (χ3v) is 2.41. The summed E-state index contributed by atoms with van der Waals surface area (Å²) in [7, 11) is 0. The van der Waals surface area contributed by atoms with Gasteiger partial charge in [0.2, 0.25) is 0 Å². The maximum Gasteiger partial charge on any atom is 0.308 e. The van der Waals surface area contributed by atoms with Crippen LogP contribution >= 0.6 is 22.6 Å². The van der Waals surface area contributed by atoms with E-state index >= 15 is 0 Å². The summed E-state index contributed by atoms with van der Waals surface area (Å²) < 4.78 is 5.50. The molecule has 0 unspecified atom stereocenters. The van der Waals surface area contributed by atoms with Gasteiger partial charge in [-0.15, -0.1) is 0 Å². The normalized spacial score (nSPS) is 8.80. The number of ether oxygens (including phenoxy) is 1. The Morgan fingerprint density at radius 1 is 1.33 bits per heavy atom. The first kappa shape index (κ1) is 11.5. The molecule has 1 rings (SSSR count). The fourth-order valence-corrected chi connectivity index (χ4v) is 1.55. The van der Waals surface area contributed by atoms with Crippen LogP contribution in [0, 0.1) is 26.2 Å². The van der Waals surface area contributed by atoms with Crippen LogP contribution in [0.15, 0.2) is 12.1 Å². The first-order valence-electron chi connectivity index (χ1n) is 3.90. The molecule has 0 aliphatic carbocycles. The number of carbonyl (C=O) groups is 1. The van der Waals surface area contributed by atoms with E-state index in [0.717, 1.165) is 0 Å². The van der Waals surface area contributed by atoms with Gasteiger partial charge >= 0.3 is 5.97 Å². The Labute approximate surface area is 100 Å². The highest BCUT2D eigenvalue weighted by Gasteiger charge is 2.10. The van der Waals surface area contributed by atoms with E-state index in [1.54, 1.807) is 0 Å². The van der Waals surface area contributed by atoms with E-state index in [1.807, 2.05) is 34.7 Å². The van der Waals surface area contributed by atoms with Gasteiger partial charge in [0.25, 0.3) is 0 Å². The molecular weight excluding hydrogens is 307 g/mol. The van der Waals surface area contributed by atoms with Crippen molar-refractivity contribution in [3.8, 4) is 17.9 Å². The van der Waals surface area contributed by atoms with Crippen LogP contribution in [0.4, 0.5) is 0 Å². The molecule has 74 valence electrons. The van der Waals surface area contributed by atoms with Gasteiger partial charge in [-0.3, -0.25) is 4.79 Å². The second kappa shape index (κ2) is 4.76. The van der Waals surface area contributed by atoms with Crippen molar-refractivity contribution in [2.45, 2.75) is 6.92 Å². The number of carbonyl (C=O) groups excluding carboxylic acids is 1. The van der Waals surface area contributed by atoms with Crippen LogP contribution in [0.3, 0.4) is 0 Å². The highest BCUT2D eigenvalue weighted by molar-refractivity contribution is 14.1. The Balaban J connectivity index is 3.29. The summed E-state index contributed by atoms with van der Waals surface area (Å²) >= 11 is 1.94. The van der Waals surface area contributed by atoms with Crippen LogP contribution in [0.2, 0.25) is 0 Å². The molecule has 0 radical (unpaired) electrons. The van der Waals surface area contributed by atoms with Crippen molar-refractivity contribution < 1.29 is 9.53 Å². The average Bonchev–Trinajstić information content (AvgIpc) is 2.19. The molecule has 0 fully saturated rings. The Kier molecular flexibility index (Phi) is 3.64. The lowest BCUT2D eigenvalue weighted by atomic mass is 10.1. The van der Waals surface area contributed by atoms with Gasteiger partial charge in [0, 0.05) is 13.0 Å². The van der Waals surface area contributed by atoms with Crippen molar-refractivity contribution >= 4 is 28.6 Å². The Bertz CT molecular complexity index is 497. The molecule has 1 aromatic rings. The molecule has 4 nitrogen and oxygen atoms in total. The monoisotopic (exact) mass is 312 g/mol. The van der Waals surface area contributed by atoms with Crippen LogP contribution < -0.4 is 4.74 Å². The van der Waals surface area contributed by atoms with Gasteiger partial charge in [-0.05, 0) is 28.7 Å². The molecule has 0 amide bonds. The Morgan fingerprint density at radius 2 is 1.87 bits per heavy atom. The minimum atomic E-state index is -0.457. The quantitative estimate of drug-likeness (QED) is 0.451. The van der Waals surface area contributed by atoms with Gasteiger partial charge in [0.1, 0.15) is 17.9 Å². The highest BCUT2D eigenvalue weighted by Crippen LogP contribution is 2.25. The van der Waals surface area contributed by atoms with E-state index in [-0.39, 0.29) is 11.1 Å². The van der Waals surface area contributed by atoms with E-state index in [1.165, 1.54) is 19.1 Å². The molecule has 0 N–H and O–H groups in total. The summed E-state index contributed by atoms with van der Waals surface area (Å²) in [6.45, 7) is 1.28. The van der Waals surface area contributed by atoms with Crippen LogP contribution in [0.25, 0.3) is 0 Å². The molecule has 5 heteroatoms. The number of nitrogens with zero attached hydrogens (tertiary/aromatic N) is 2. The zero-order valence-electron chi connectivity index (χ0n) is 7.74. The molecule has 0 spiro atoms. The smallest absolute Gasteiger partial charge is 0.308 e. The number of hydrogen-bond acceptors (Lipinski definition) is 4. The number of halogens is 1. The molecule has 0 saturated heterocycles. The standard InChI is InChI=1S/C10H5IN2O2/c1-6(14)15-10-3-8(5-13)7(4-12)2-9(10)11/h2-3H,1H3. The summed E-state index contributed by atoms with van der Waals surface area (Å²) in [6.07, 6.45) is 0. The average molecular weight is 312 g/mol. The summed E-state index contributed by atoms with van der Waals surface area (Å²) in [5.41, 5.74) is 0.479. The van der Waals surface area contributed by atoms with Crippen molar-refractivity contribution in [2.24, 2.45) is 0 Å². The highest BCUT2D eigenvalue weighted by atomic mass is 127. The van der Waals surface area contributed by atoms with Gasteiger partial charge in [-0.2, -0.15) is 10.5 Å². The molecule has 0 saturated carbocycles. The van der Waals surface area contributed by atoms with Crippen LogP contribution in [-0.2, 0) is 4.79 Å². The molecule has 0 heterocycles. The molecule has 0 aliphatic heterocycles. The van der Waals surface area contributed by atoms with Gasteiger partial charge in [0.15, 0.2) is 0 Å². The van der Waals surface area contributed by atoms with E-state index in [9.17, 15) is 4.79 Å². The molecule has 0 aromatic heterocycles. The topological polar surface area (TPSA) is 73.9 Å². The summed E-state index contributed by atoms with van der Waals surface area (Å²) in [4.78, 5) is 10.7. The zero-order chi connectivity index (χ0) is 11.4. The third-order valence-electron chi connectivity index (χ3n) is 1.57. The lowest BCUT2D eigenvalue weighted by molar-refractivity contribution is -0.131. The molecule has 0 aliphatic rings. The number of nitriles is 2. The molecule has 15 heavy (non-hydrogen) atoms. The van der Waals surface area contributed by atoms with E-state index in [0.29, 0.717) is 9.32 Å². The first-order chi connectivity index (χ1) is 7.08. The van der Waals surface area contributed by atoms with E-state index < -0.39 is 5.97 Å². The summed E-state index contributed by atoms with van der Waals surface area (Å²) in [5, 5.41) is 17.5. The first-order valence-corrected chi connectivity index (χ1v) is 4.98. The predicted octanol–water partition coefficient (Wildman–Crippen LogP) is 1.96. The van der Waals surface area contributed by atoms with Gasteiger partial charge in [0.05, 0.1) is 14.7 Å². The molecule has 0 atom stereocenters. The SMILES string of the molecule is CC(=O)Oc1cc(C#N)c(C#N)cc1I. The second-order valence-electron chi connectivity index (χ2n) is 2.65. The third kappa shape index (κ3) is 2.67. The van der Waals surface area contributed by atoms with Gasteiger partial charge in [-0.1, -0.05) is 0 Å². The Morgan fingerprint density at radius 3 is 2.33 bits per heavy atom. The number of benzene rings is 1. The van der Waals surface area contributed by atoms with Crippen molar-refractivity contribution in [1.29, 1.82) is 10.5 Å². The maximum atomic E-state index is 10.7. The molecular formula is C10H5IN2O2. The van der Waals surface area contributed by atoms with Crippen molar-refractivity contribution in [2.75, 3.05) is 0 Å². The van der Waals surface area contributed by atoms with E-state index in [4.69, 9.17) is 15.3 Å². The fourth-order valence-electron chi connectivity index (χ4n) is 0.971. The predicted molar refractivity (Wildman–Crippen MR) is 59.9 cm³/mol. The maximum absolute atomic E-state index is 10.7.